The Bertz CT molecular complexity index is 1350. The summed E-state index contributed by atoms with van der Waals surface area (Å²) in [6.07, 6.45) is 0. The molecular formula is C24H22N4O5S. The molecule has 0 saturated heterocycles. The molecule has 3 aromatic rings. The molecule has 0 unspecified atom stereocenters. The first kappa shape index (κ1) is 22.9. The monoisotopic (exact) mass is 478 g/mol. The standard InChI is InChI=1S/C24H22N4O5S/c1-16(24(29)27-20-4-2-3-17(13-20)15-25)26-18-5-7-19(8-6-18)28-34(30,31)21-9-10-22-23(14-21)33-12-11-32-22/h2-10,13-14,16,26,28H,11-12H2,1H3,(H,27,29)/t16-/m1/s1. The first-order chi connectivity index (χ1) is 16.3. The van der Waals surface area contributed by atoms with E-state index in [9.17, 15) is 13.2 Å². The van der Waals surface area contributed by atoms with Crippen LogP contribution in [0.3, 0.4) is 0 Å². The number of benzene rings is 3. The Hall–Kier alpha value is -4.23. The summed E-state index contributed by atoms with van der Waals surface area (Å²) in [4.78, 5) is 12.5. The molecule has 1 heterocycles. The molecule has 34 heavy (non-hydrogen) atoms. The number of anilines is 3. The summed E-state index contributed by atoms with van der Waals surface area (Å²) in [5.41, 5.74) is 1.98. The Balaban J connectivity index is 1.38. The Morgan fingerprint density at radius 2 is 1.65 bits per heavy atom. The molecule has 1 amide bonds. The van der Waals surface area contributed by atoms with Crippen LogP contribution in [0.2, 0.25) is 0 Å². The van der Waals surface area contributed by atoms with Gasteiger partial charge >= 0.3 is 0 Å². The molecule has 1 aliphatic heterocycles. The number of fused-ring (bicyclic) bond motifs is 1. The van der Waals surface area contributed by atoms with Gasteiger partial charge in [-0.25, -0.2) is 8.42 Å². The van der Waals surface area contributed by atoms with Crippen molar-refractivity contribution in [2.75, 3.05) is 28.6 Å². The average molecular weight is 479 g/mol. The van der Waals surface area contributed by atoms with Crippen LogP contribution in [0.15, 0.2) is 71.6 Å². The molecule has 1 aliphatic rings. The van der Waals surface area contributed by atoms with Crippen molar-refractivity contribution in [3.8, 4) is 17.6 Å². The maximum Gasteiger partial charge on any atom is 0.262 e. The minimum absolute atomic E-state index is 0.0599. The van der Waals surface area contributed by atoms with Crippen LogP contribution in [-0.4, -0.2) is 33.6 Å². The van der Waals surface area contributed by atoms with E-state index < -0.39 is 16.1 Å². The van der Waals surface area contributed by atoms with E-state index in [-0.39, 0.29) is 10.8 Å². The van der Waals surface area contributed by atoms with Gasteiger partial charge in [0.1, 0.15) is 19.3 Å². The Kier molecular flexibility index (Phi) is 6.56. The molecule has 0 bridgehead atoms. The first-order valence-electron chi connectivity index (χ1n) is 10.4. The molecule has 0 aromatic heterocycles. The number of amides is 1. The van der Waals surface area contributed by atoms with E-state index in [2.05, 4.69) is 15.4 Å². The molecular weight excluding hydrogens is 456 g/mol. The van der Waals surface area contributed by atoms with Gasteiger partial charge in [-0.3, -0.25) is 9.52 Å². The van der Waals surface area contributed by atoms with Gasteiger partial charge in [0.2, 0.25) is 5.91 Å². The fraction of sp³-hybridized carbons (Fsp3) is 0.167. The van der Waals surface area contributed by atoms with Gasteiger partial charge < -0.3 is 20.1 Å². The van der Waals surface area contributed by atoms with E-state index in [1.807, 2.05) is 6.07 Å². The summed E-state index contributed by atoms with van der Waals surface area (Å²) in [5.74, 6) is 0.621. The molecule has 3 aromatic carbocycles. The van der Waals surface area contributed by atoms with E-state index in [0.717, 1.165) is 0 Å². The summed E-state index contributed by atoms with van der Waals surface area (Å²) in [5, 5.41) is 14.8. The summed E-state index contributed by atoms with van der Waals surface area (Å²) < 4.78 is 38.9. The predicted octanol–water partition coefficient (Wildman–Crippen LogP) is 3.57. The normalized spacial score (nSPS) is 13.3. The summed E-state index contributed by atoms with van der Waals surface area (Å²) in [7, 11) is -3.83. The van der Waals surface area contributed by atoms with Crippen LogP contribution in [-0.2, 0) is 14.8 Å². The van der Waals surface area contributed by atoms with E-state index in [0.29, 0.717) is 47.3 Å². The molecule has 0 radical (unpaired) electrons. The van der Waals surface area contributed by atoms with Crippen molar-refractivity contribution >= 4 is 33.0 Å². The zero-order valence-corrected chi connectivity index (χ0v) is 19.1. The zero-order chi connectivity index (χ0) is 24.1. The van der Waals surface area contributed by atoms with Gasteiger partial charge in [0.25, 0.3) is 10.0 Å². The molecule has 0 spiro atoms. The van der Waals surface area contributed by atoms with Crippen LogP contribution in [0.1, 0.15) is 12.5 Å². The van der Waals surface area contributed by atoms with Crippen LogP contribution >= 0.6 is 0 Å². The van der Waals surface area contributed by atoms with Gasteiger partial charge in [-0.05, 0) is 61.5 Å². The number of nitrogens with zero attached hydrogens (tertiary/aromatic N) is 1. The number of carbonyl (C=O) groups is 1. The van der Waals surface area contributed by atoms with Crippen LogP contribution in [0.4, 0.5) is 17.1 Å². The molecule has 0 saturated carbocycles. The predicted molar refractivity (Wildman–Crippen MR) is 128 cm³/mol. The van der Waals surface area contributed by atoms with Crippen LogP contribution in [0, 0.1) is 11.3 Å². The zero-order valence-electron chi connectivity index (χ0n) is 18.2. The largest absolute Gasteiger partial charge is 0.486 e. The Morgan fingerprint density at radius 1 is 0.941 bits per heavy atom. The lowest BCUT2D eigenvalue weighted by Crippen LogP contribution is -2.31. The van der Waals surface area contributed by atoms with Crippen LogP contribution < -0.4 is 24.8 Å². The molecule has 4 rings (SSSR count). The lowest BCUT2D eigenvalue weighted by Gasteiger charge is -2.19. The summed E-state index contributed by atoms with van der Waals surface area (Å²) >= 11 is 0. The summed E-state index contributed by atoms with van der Waals surface area (Å²) in [6.45, 7) is 2.48. The second-order valence-electron chi connectivity index (χ2n) is 7.54. The van der Waals surface area contributed by atoms with E-state index >= 15 is 0 Å². The number of hydrogen-bond donors (Lipinski definition) is 3. The molecule has 1 atom stereocenters. The molecule has 174 valence electrons. The fourth-order valence-electron chi connectivity index (χ4n) is 3.27. The van der Waals surface area contributed by atoms with Crippen molar-refractivity contribution in [3.05, 3.63) is 72.3 Å². The summed E-state index contributed by atoms with van der Waals surface area (Å²) in [6, 6.07) is 19.1. The van der Waals surface area contributed by atoms with Gasteiger partial charge in [0, 0.05) is 23.1 Å². The smallest absolute Gasteiger partial charge is 0.262 e. The highest BCUT2D eigenvalue weighted by Crippen LogP contribution is 2.32. The van der Waals surface area contributed by atoms with Gasteiger partial charge in [-0.1, -0.05) is 6.07 Å². The van der Waals surface area contributed by atoms with E-state index in [4.69, 9.17) is 14.7 Å². The molecule has 3 N–H and O–H groups in total. The number of nitrogens with one attached hydrogen (secondary N) is 3. The number of sulfonamides is 1. The maximum atomic E-state index is 12.8. The average Bonchev–Trinajstić information content (AvgIpc) is 2.84. The number of carbonyl (C=O) groups excluding carboxylic acids is 1. The highest BCUT2D eigenvalue weighted by atomic mass is 32.2. The molecule has 10 heteroatoms. The third kappa shape index (κ3) is 5.39. The SMILES string of the molecule is C[C@@H](Nc1ccc(NS(=O)(=O)c2ccc3c(c2)OCCO3)cc1)C(=O)Nc1cccc(C#N)c1. The Labute approximate surface area is 197 Å². The van der Waals surface area contributed by atoms with Crippen molar-refractivity contribution in [2.45, 2.75) is 17.9 Å². The highest BCUT2D eigenvalue weighted by Gasteiger charge is 2.20. The van der Waals surface area contributed by atoms with Gasteiger partial charge in [-0.2, -0.15) is 5.26 Å². The van der Waals surface area contributed by atoms with Crippen LogP contribution in [0.5, 0.6) is 11.5 Å². The second kappa shape index (κ2) is 9.72. The first-order valence-corrected chi connectivity index (χ1v) is 11.9. The van der Waals surface area contributed by atoms with Crippen molar-refractivity contribution in [1.82, 2.24) is 0 Å². The maximum absolute atomic E-state index is 12.8. The number of ether oxygens (including phenoxy) is 2. The van der Waals surface area contributed by atoms with E-state index in [1.54, 1.807) is 61.5 Å². The molecule has 0 aliphatic carbocycles. The number of rotatable bonds is 7. The fourth-order valence-corrected chi connectivity index (χ4v) is 4.35. The van der Waals surface area contributed by atoms with Crippen molar-refractivity contribution < 1.29 is 22.7 Å². The lowest BCUT2D eigenvalue weighted by molar-refractivity contribution is -0.116. The number of hydrogen-bond acceptors (Lipinski definition) is 7. The van der Waals surface area contributed by atoms with Crippen LogP contribution in [0.25, 0.3) is 0 Å². The highest BCUT2D eigenvalue weighted by molar-refractivity contribution is 7.92. The topological polar surface area (TPSA) is 130 Å². The Morgan fingerprint density at radius 3 is 2.38 bits per heavy atom. The van der Waals surface area contributed by atoms with Gasteiger partial charge in [0.15, 0.2) is 11.5 Å². The lowest BCUT2D eigenvalue weighted by atomic mass is 10.2. The van der Waals surface area contributed by atoms with Crippen molar-refractivity contribution in [1.29, 1.82) is 5.26 Å². The molecule has 0 fully saturated rings. The van der Waals surface area contributed by atoms with Crippen molar-refractivity contribution in [3.63, 3.8) is 0 Å². The van der Waals surface area contributed by atoms with E-state index in [1.165, 1.54) is 12.1 Å². The minimum atomic E-state index is -3.83. The van der Waals surface area contributed by atoms with Crippen molar-refractivity contribution in [2.24, 2.45) is 0 Å². The quantitative estimate of drug-likeness (QED) is 0.473. The van der Waals surface area contributed by atoms with Gasteiger partial charge in [-0.15, -0.1) is 0 Å². The minimum Gasteiger partial charge on any atom is -0.486 e. The third-order valence-electron chi connectivity index (χ3n) is 5.00. The third-order valence-corrected chi connectivity index (χ3v) is 6.38. The van der Waals surface area contributed by atoms with Gasteiger partial charge in [0.05, 0.1) is 16.5 Å². The molecule has 9 nitrogen and oxygen atoms in total. The number of nitriles is 1. The second-order valence-corrected chi connectivity index (χ2v) is 9.22.